The van der Waals surface area contributed by atoms with Crippen LogP contribution in [0.3, 0.4) is 0 Å². The van der Waals surface area contributed by atoms with Gasteiger partial charge in [-0.05, 0) is 31.9 Å². The first kappa shape index (κ1) is 14.1. The summed E-state index contributed by atoms with van der Waals surface area (Å²) in [7, 11) is 0. The molecule has 0 saturated carbocycles. The summed E-state index contributed by atoms with van der Waals surface area (Å²) in [6.45, 7) is 2.79. The van der Waals surface area contributed by atoms with Crippen LogP contribution >= 0.6 is 0 Å². The van der Waals surface area contributed by atoms with Crippen LogP contribution in [-0.2, 0) is 4.79 Å². The molecule has 0 aliphatic carbocycles. The van der Waals surface area contributed by atoms with E-state index in [0.717, 1.165) is 24.3 Å². The molecular formula is C17H18N2O4. The van der Waals surface area contributed by atoms with Gasteiger partial charge in [-0.15, -0.1) is 0 Å². The first-order valence-electron chi connectivity index (χ1n) is 7.84. The summed E-state index contributed by atoms with van der Waals surface area (Å²) in [5.74, 6) is 2.00. The van der Waals surface area contributed by atoms with Crippen LogP contribution in [0.25, 0.3) is 0 Å². The van der Waals surface area contributed by atoms with E-state index in [9.17, 15) is 4.79 Å². The Morgan fingerprint density at radius 3 is 2.91 bits per heavy atom. The first-order valence-corrected chi connectivity index (χ1v) is 7.84. The molecule has 0 N–H and O–H groups in total. The zero-order chi connectivity index (χ0) is 15.8. The Morgan fingerprint density at radius 1 is 1.30 bits per heavy atom. The third-order valence-corrected chi connectivity index (χ3v) is 4.31. The van der Waals surface area contributed by atoms with Crippen molar-refractivity contribution in [2.24, 2.45) is 0 Å². The Balaban J connectivity index is 1.52. The summed E-state index contributed by atoms with van der Waals surface area (Å²) in [6.07, 6.45) is 1.23. The molecule has 2 atom stereocenters. The zero-order valence-electron chi connectivity index (χ0n) is 12.9. The van der Waals surface area contributed by atoms with E-state index in [2.05, 4.69) is 5.16 Å². The number of fused-ring (bicyclic) bond motifs is 1. The van der Waals surface area contributed by atoms with Crippen molar-refractivity contribution in [3.05, 3.63) is 41.8 Å². The largest absolute Gasteiger partial charge is 0.485 e. The van der Waals surface area contributed by atoms with E-state index in [1.54, 1.807) is 0 Å². The molecule has 23 heavy (non-hydrogen) atoms. The van der Waals surface area contributed by atoms with Crippen molar-refractivity contribution >= 4 is 5.91 Å². The third kappa shape index (κ3) is 2.54. The number of carbonyl (C=O) groups is 1. The van der Waals surface area contributed by atoms with Crippen LogP contribution < -0.4 is 9.47 Å². The molecule has 2 aliphatic heterocycles. The van der Waals surface area contributed by atoms with E-state index in [-0.39, 0.29) is 18.6 Å². The van der Waals surface area contributed by atoms with Crippen molar-refractivity contribution in [3.8, 4) is 11.5 Å². The van der Waals surface area contributed by atoms with Gasteiger partial charge in [-0.3, -0.25) is 4.79 Å². The molecule has 1 saturated heterocycles. The normalized spacial score (nSPS) is 23.1. The average molecular weight is 314 g/mol. The molecule has 2 aromatic rings. The second kappa shape index (κ2) is 5.61. The van der Waals surface area contributed by atoms with Gasteiger partial charge in [-0.25, -0.2) is 0 Å². The number of rotatable bonds is 2. The number of ether oxygens (including phenoxy) is 2. The molecule has 120 valence electrons. The second-order valence-electron chi connectivity index (χ2n) is 5.92. The number of aryl methyl sites for hydroxylation is 1. The maximum Gasteiger partial charge on any atom is 0.267 e. The highest BCUT2D eigenvalue weighted by molar-refractivity contribution is 5.82. The van der Waals surface area contributed by atoms with Crippen molar-refractivity contribution in [1.29, 1.82) is 0 Å². The Hall–Kier alpha value is -2.50. The molecule has 1 fully saturated rings. The maximum absolute atomic E-state index is 12.9. The lowest BCUT2D eigenvalue weighted by Gasteiger charge is -2.31. The molecule has 1 amide bonds. The number of para-hydroxylation sites is 2. The highest BCUT2D eigenvalue weighted by atomic mass is 16.6. The highest BCUT2D eigenvalue weighted by Crippen LogP contribution is 2.35. The molecule has 6 nitrogen and oxygen atoms in total. The van der Waals surface area contributed by atoms with E-state index in [1.165, 1.54) is 0 Å². The Bertz CT molecular complexity index is 727. The Labute approximate surface area is 134 Å². The number of benzene rings is 1. The summed E-state index contributed by atoms with van der Waals surface area (Å²) in [4.78, 5) is 14.7. The van der Waals surface area contributed by atoms with Crippen molar-refractivity contribution in [3.63, 3.8) is 0 Å². The van der Waals surface area contributed by atoms with Gasteiger partial charge in [0.15, 0.2) is 11.5 Å². The standard InChI is InChI=1S/C17H18N2O4/c1-11-9-12(18-23-11)13-5-4-8-19(13)17(20)16-10-21-14-6-2-3-7-15(14)22-16/h2-3,6-7,9,13,16H,4-5,8,10H2,1H3/t13-,16+/m0/s1. The molecule has 0 radical (unpaired) electrons. The number of nitrogens with zero attached hydrogens (tertiary/aromatic N) is 2. The van der Waals surface area contributed by atoms with Gasteiger partial charge >= 0.3 is 0 Å². The smallest absolute Gasteiger partial charge is 0.267 e. The molecule has 1 aromatic heterocycles. The van der Waals surface area contributed by atoms with Gasteiger partial charge in [0, 0.05) is 12.6 Å². The molecule has 3 heterocycles. The maximum atomic E-state index is 12.9. The van der Waals surface area contributed by atoms with Crippen LogP contribution in [-0.4, -0.2) is 35.2 Å². The molecule has 6 heteroatoms. The van der Waals surface area contributed by atoms with E-state index in [0.29, 0.717) is 18.0 Å². The number of aromatic nitrogens is 1. The van der Waals surface area contributed by atoms with Gasteiger partial charge < -0.3 is 18.9 Å². The summed E-state index contributed by atoms with van der Waals surface area (Å²) < 4.78 is 16.6. The average Bonchev–Trinajstić information content (AvgIpc) is 3.22. The van der Waals surface area contributed by atoms with Crippen LogP contribution in [0.4, 0.5) is 0 Å². The van der Waals surface area contributed by atoms with E-state index >= 15 is 0 Å². The van der Waals surface area contributed by atoms with Gasteiger partial charge in [0.05, 0.1) is 6.04 Å². The number of hydrogen-bond donors (Lipinski definition) is 0. The van der Waals surface area contributed by atoms with Crippen molar-refractivity contribution in [2.45, 2.75) is 31.9 Å². The lowest BCUT2D eigenvalue weighted by atomic mass is 10.1. The van der Waals surface area contributed by atoms with Gasteiger partial charge in [-0.1, -0.05) is 17.3 Å². The number of hydrogen-bond acceptors (Lipinski definition) is 5. The van der Waals surface area contributed by atoms with E-state index in [1.807, 2.05) is 42.2 Å². The van der Waals surface area contributed by atoms with Gasteiger partial charge in [-0.2, -0.15) is 0 Å². The van der Waals surface area contributed by atoms with Gasteiger partial charge in [0.25, 0.3) is 5.91 Å². The minimum Gasteiger partial charge on any atom is -0.485 e. The monoisotopic (exact) mass is 314 g/mol. The highest BCUT2D eigenvalue weighted by Gasteiger charge is 2.38. The van der Waals surface area contributed by atoms with Crippen LogP contribution in [0, 0.1) is 6.92 Å². The minimum atomic E-state index is -0.613. The molecule has 2 aliphatic rings. The predicted octanol–water partition coefficient (Wildman–Crippen LogP) is 2.49. The minimum absolute atomic E-state index is 0.0410. The number of amides is 1. The van der Waals surface area contributed by atoms with Crippen LogP contribution in [0.5, 0.6) is 11.5 Å². The lowest BCUT2D eigenvalue weighted by Crippen LogP contribution is -2.46. The van der Waals surface area contributed by atoms with Gasteiger partial charge in [0.2, 0.25) is 6.10 Å². The molecule has 0 bridgehead atoms. The summed E-state index contributed by atoms with van der Waals surface area (Å²) in [5, 5.41) is 4.07. The Kier molecular flexibility index (Phi) is 3.44. The lowest BCUT2D eigenvalue weighted by molar-refractivity contribution is -0.142. The first-order chi connectivity index (χ1) is 11.2. The fraction of sp³-hybridized carbons (Fsp3) is 0.412. The number of likely N-dealkylation sites (tertiary alicyclic amines) is 1. The van der Waals surface area contributed by atoms with Crippen LogP contribution in [0.15, 0.2) is 34.9 Å². The Morgan fingerprint density at radius 2 is 2.13 bits per heavy atom. The summed E-state index contributed by atoms with van der Waals surface area (Å²) in [5.41, 5.74) is 0.811. The van der Waals surface area contributed by atoms with E-state index < -0.39 is 6.10 Å². The SMILES string of the molecule is Cc1cc([C@@H]2CCCN2C(=O)[C@H]2COc3ccccc3O2)no1. The van der Waals surface area contributed by atoms with E-state index in [4.69, 9.17) is 14.0 Å². The molecular weight excluding hydrogens is 296 g/mol. The van der Waals surface area contributed by atoms with Crippen LogP contribution in [0.1, 0.15) is 30.3 Å². The van der Waals surface area contributed by atoms with Crippen molar-refractivity contribution in [1.82, 2.24) is 10.1 Å². The zero-order valence-corrected chi connectivity index (χ0v) is 12.9. The fourth-order valence-electron chi connectivity index (χ4n) is 3.21. The molecule has 1 aromatic carbocycles. The van der Waals surface area contributed by atoms with Crippen molar-refractivity contribution < 1.29 is 18.8 Å². The summed E-state index contributed by atoms with van der Waals surface area (Å²) in [6, 6.07) is 9.26. The molecule has 4 rings (SSSR count). The topological polar surface area (TPSA) is 64.8 Å². The quantitative estimate of drug-likeness (QED) is 0.852. The number of carbonyl (C=O) groups excluding carboxylic acids is 1. The third-order valence-electron chi connectivity index (χ3n) is 4.31. The predicted molar refractivity (Wildman–Crippen MR) is 81.3 cm³/mol. The fourth-order valence-corrected chi connectivity index (χ4v) is 3.21. The van der Waals surface area contributed by atoms with Gasteiger partial charge in [0.1, 0.15) is 18.1 Å². The second-order valence-corrected chi connectivity index (χ2v) is 5.92. The summed E-state index contributed by atoms with van der Waals surface area (Å²) >= 11 is 0. The van der Waals surface area contributed by atoms with Crippen molar-refractivity contribution in [2.75, 3.05) is 13.2 Å². The molecule has 0 spiro atoms. The van der Waals surface area contributed by atoms with Crippen LogP contribution in [0.2, 0.25) is 0 Å². The molecule has 0 unspecified atom stereocenters.